The zero-order valence-corrected chi connectivity index (χ0v) is 11.8. The van der Waals surface area contributed by atoms with E-state index in [4.69, 9.17) is 22.1 Å². The second-order valence-electron chi connectivity index (χ2n) is 4.81. The van der Waals surface area contributed by atoms with Crippen LogP contribution in [0.2, 0.25) is 5.02 Å². The third-order valence-electron chi connectivity index (χ3n) is 3.43. The maximum Gasteiger partial charge on any atom is 0.242 e. The van der Waals surface area contributed by atoms with Crippen molar-refractivity contribution in [3.05, 3.63) is 34.9 Å². The summed E-state index contributed by atoms with van der Waals surface area (Å²) in [7, 11) is 1.55. The van der Waals surface area contributed by atoms with Crippen LogP contribution >= 0.6 is 11.6 Å². The molecule has 1 aliphatic heterocycles. The molecule has 1 saturated heterocycles. The molecule has 0 saturated carbocycles. The van der Waals surface area contributed by atoms with Crippen molar-refractivity contribution in [3.63, 3.8) is 0 Å². The number of carbonyl (C=O) groups is 1. The first-order valence-electron chi connectivity index (χ1n) is 6.44. The van der Waals surface area contributed by atoms with Gasteiger partial charge in [0.25, 0.3) is 0 Å². The number of carbonyl (C=O) groups excluding carboxylic acids is 1. The fourth-order valence-electron chi connectivity index (χ4n) is 2.55. The Morgan fingerprint density at radius 1 is 1.63 bits per heavy atom. The van der Waals surface area contributed by atoms with Crippen LogP contribution in [0.5, 0.6) is 0 Å². The number of nitrogens with zero attached hydrogens (tertiary/aromatic N) is 1. The highest BCUT2D eigenvalue weighted by Gasteiger charge is 2.32. The van der Waals surface area contributed by atoms with Crippen molar-refractivity contribution in [2.45, 2.75) is 24.9 Å². The summed E-state index contributed by atoms with van der Waals surface area (Å²) >= 11 is 6.01. The number of ether oxygens (including phenoxy) is 1. The van der Waals surface area contributed by atoms with Crippen LogP contribution in [0.3, 0.4) is 0 Å². The van der Waals surface area contributed by atoms with Crippen molar-refractivity contribution in [3.8, 4) is 0 Å². The molecule has 0 aromatic heterocycles. The summed E-state index contributed by atoms with van der Waals surface area (Å²) in [5.41, 5.74) is 6.91. The standard InChI is InChI=1S/C14H19ClN2O2/c1-19-9-12(16)14(18)17-7-3-6-13(17)10-4-2-5-11(15)8-10/h2,4-5,8,12-13H,3,6-7,9,16H2,1H3. The van der Waals surface area contributed by atoms with Crippen LogP contribution in [0, 0.1) is 0 Å². The van der Waals surface area contributed by atoms with Crippen molar-refractivity contribution in [2.24, 2.45) is 5.73 Å². The lowest BCUT2D eigenvalue weighted by atomic mass is 10.0. The molecule has 1 amide bonds. The Hall–Kier alpha value is -1.10. The molecule has 4 nitrogen and oxygen atoms in total. The van der Waals surface area contributed by atoms with Crippen LogP contribution < -0.4 is 5.73 Å². The lowest BCUT2D eigenvalue weighted by molar-refractivity contribution is -0.134. The Balaban J connectivity index is 2.15. The largest absolute Gasteiger partial charge is 0.383 e. The van der Waals surface area contributed by atoms with E-state index in [9.17, 15) is 4.79 Å². The van der Waals surface area contributed by atoms with Crippen LogP contribution in [0.25, 0.3) is 0 Å². The molecule has 0 radical (unpaired) electrons. The first-order valence-corrected chi connectivity index (χ1v) is 6.81. The number of halogens is 1. The van der Waals surface area contributed by atoms with E-state index in [1.807, 2.05) is 29.2 Å². The van der Waals surface area contributed by atoms with Gasteiger partial charge in [0.15, 0.2) is 0 Å². The number of hydrogen-bond acceptors (Lipinski definition) is 3. The van der Waals surface area contributed by atoms with E-state index in [0.717, 1.165) is 24.9 Å². The molecule has 1 aromatic rings. The summed E-state index contributed by atoms with van der Waals surface area (Å²) in [5, 5.41) is 0.693. The second-order valence-corrected chi connectivity index (χ2v) is 5.24. The van der Waals surface area contributed by atoms with Crippen molar-refractivity contribution in [1.29, 1.82) is 0 Å². The molecular formula is C14H19ClN2O2. The fourth-order valence-corrected chi connectivity index (χ4v) is 2.75. The highest BCUT2D eigenvalue weighted by molar-refractivity contribution is 6.30. The minimum atomic E-state index is -0.593. The van der Waals surface area contributed by atoms with Crippen LogP contribution in [0.15, 0.2) is 24.3 Å². The maximum atomic E-state index is 12.3. The molecular weight excluding hydrogens is 264 g/mol. The molecule has 2 rings (SSSR count). The molecule has 2 atom stereocenters. The summed E-state index contributed by atoms with van der Waals surface area (Å²) in [4.78, 5) is 14.1. The van der Waals surface area contributed by atoms with E-state index in [1.165, 1.54) is 0 Å². The Labute approximate surface area is 118 Å². The monoisotopic (exact) mass is 282 g/mol. The number of benzene rings is 1. The van der Waals surface area contributed by atoms with E-state index in [2.05, 4.69) is 0 Å². The van der Waals surface area contributed by atoms with Gasteiger partial charge in [-0.25, -0.2) is 0 Å². The summed E-state index contributed by atoms with van der Waals surface area (Å²) in [6.45, 7) is 0.991. The SMILES string of the molecule is COCC(N)C(=O)N1CCCC1c1cccc(Cl)c1. The van der Waals surface area contributed by atoms with Crippen LogP contribution in [-0.4, -0.2) is 37.1 Å². The topological polar surface area (TPSA) is 55.6 Å². The van der Waals surface area contributed by atoms with Gasteiger partial charge in [-0.15, -0.1) is 0 Å². The predicted octanol–water partition coefficient (Wildman–Crippen LogP) is 1.98. The van der Waals surface area contributed by atoms with E-state index < -0.39 is 6.04 Å². The fraction of sp³-hybridized carbons (Fsp3) is 0.500. The van der Waals surface area contributed by atoms with Gasteiger partial charge in [0.2, 0.25) is 5.91 Å². The van der Waals surface area contributed by atoms with Crippen molar-refractivity contribution >= 4 is 17.5 Å². The van der Waals surface area contributed by atoms with E-state index in [0.29, 0.717) is 5.02 Å². The molecule has 1 fully saturated rings. The third kappa shape index (κ3) is 3.26. The normalized spacial score (nSPS) is 20.6. The number of rotatable bonds is 4. The molecule has 1 aromatic carbocycles. The number of nitrogens with two attached hydrogens (primary N) is 1. The molecule has 0 aliphatic carbocycles. The Bertz CT molecular complexity index is 453. The zero-order valence-electron chi connectivity index (χ0n) is 11.0. The summed E-state index contributed by atoms with van der Waals surface area (Å²) in [6.07, 6.45) is 1.94. The molecule has 104 valence electrons. The molecule has 0 bridgehead atoms. The van der Waals surface area contributed by atoms with Gasteiger partial charge in [0, 0.05) is 18.7 Å². The molecule has 0 spiro atoms. The van der Waals surface area contributed by atoms with Crippen LogP contribution in [0.4, 0.5) is 0 Å². The minimum Gasteiger partial charge on any atom is -0.383 e. The Morgan fingerprint density at radius 3 is 3.11 bits per heavy atom. The van der Waals surface area contributed by atoms with Gasteiger partial charge < -0.3 is 15.4 Å². The molecule has 1 heterocycles. The average molecular weight is 283 g/mol. The number of methoxy groups -OCH3 is 1. The van der Waals surface area contributed by atoms with E-state index in [1.54, 1.807) is 7.11 Å². The van der Waals surface area contributed by atoms with Gasteiger partial charge in [0.05, 0.1) is 12.6 Å². The van der Waals surface area contributed by atoms with Gasteiger partial charge >= 0.3 is 0 Å². The van der Waals surface area contributed by atoms with Crippen LogP contribution in [-0.2, 0) is 9.53 Å². The lowest BCUT2D eigenvalue weighted by Crippen LogP contribution is -2.45. The van der Waals surface area contributed by atoms with Crippen molar-refractivity contribution < 1.29 is 9.53 Å². The number of likely N-dealkylation sites (tertiary alicyclic amines) is 1. The van der Waals surface area contributed by atoms with Crippen molar-refractivity contribution in [2.75, 3.05) is 20.3 Å². The van der Waals surface area contributed by atoms with Gasteiger partial charge in [-0.3, -0.25) is 4.79 Å². The second kappa shape index (κ2) is 6.37. The first kappa shape index (κ1) is 14.3. The van der Waals surface area contributed by atoms with E-state index >= 15 is 0 Å². The summed E-state index contributed by atoms with van der Waals surface area (Å²) in [6, 6.07) is 7.15. The number of amides is 1. The highest BCUT2D eigenvalue weighted by Crippen LogP contribution is 2.33. The van der Waals surface area contributed by atoms with Gasteiger partial charge in [-0.05, 0) is 30.5 Å². The lowest BCUT2D eigenvalue weighted by Gasteiger charge is -2.27. The summed E-state index contributed by atoms with van der Waals surface area (Å²) in [5.74, 6) is -0.0516. The Kier molecular flexibility index (Phi) is 4.80. The summed E-state index contributed by atoms with van der Waals surface area (Å²) < 4.78 is 4.95. The Morgan fingerprint density at radius 2 is 2.42 bits per heavy atom. The van der Waals surface area contributed by atoms with Crippen molar-refractivity contribution in [1.82, 2.24) is 4.90 Å². The van der Waals surface area contributed by atoms with E-state index in [-0.39, 0.29) is 18.6 Å². The molecule has 19 heavy (non-hydrogen) atoms. The van der Waals surface area contributed by atoms with Crippen LogP contribution in [0.1, 0.15) is 24.4 Å². The number of hydrogen-bond donors (Lipinski definition) is 1. The quantitative estimate of drug-likeness (QED) is 0.919. The molecule has 2 unspecified atom stereocenters. The maximum absolute atomic E-state index is 12.3. The predicted molar refractivity (Wildman–Crippen MR) is 75.0 cm³/mol. The molecule has 5 heteroatoms. The van der Waals surface area contributed by atoms with Gasteiger partial charge in [-0.2, -0.15) is 0 Å². The minimum absolute atomic E-state index is 0.0516. The van der Waals surface area contributed by atoms with Gasteiger partial charge in [-0.1, -0.05) is 23.7 Å². The molecule has 1 aliphatic rings. The average Bonchev–Trinajstić information content (AvgIpc) is 2.87. The highest BCUT2D eigenvalue weighted by atomic mass is 35.5. The van der Waals surface area contributed by atoms with Gasteiger partial charge in [0.1, 0.15) is 6.04 Å². The zero-order chi connectivity index (χ0) is 13.8. The first-order chi connectivity index (χ1) is 9.13. The molecule has 2 N–H and O–H groups in total. The smallest absolute Gasteiger partial charge is 0.242 e. The third-order valence-corrected chi connectivity index (χ3v) is 3.67.